The van der Waals surface area contributed by atoms with Crippen LogP contribution < -0.4 is 0 Å². The molecule has 0 radical (unpaired) electrons. The number of benzene rings is 1. The van der Waals surface area contributed by atoms with E-state index < -0.39 is 41.9 Å². The SMILES string of the molecule is C=CCCCCC(Cc1ccc(F)cc1)(B1OC(C)(C)C(C)(C)O1)B1OC(C)(C)C(C)(C)O1. The van der Waals surface area contributed by atoms with Crippen molar-refractivity contribution in [1.82, 2.24) is 0 Å². The second-order valence-electron chi connectivity index (χ2n) is 11.7. The van der Waals surface area contributed by atoms with Crippen molar-refractivity contribution in [1.29, 1.82) is 0 Å². The molecule has 7 heteroatoms. The van der Waals surface area contributed by atoms with Crippen LogP contribution in [0.4, 0.5) is 4.39 Å². The summed E-state index contributed by atoms with van der Waals surface area (Å²) in [6, 6.07) is 6.69. The van der Waals surface area contributed by atoms with E-state index in [1.54, 1.807) is 0 Å². The maximum atomic E-state index is 13.7. The number of halogens is 1. The van der Waals surface area contributed by atoms with Crippen molar-refractivity contribution in [2.24, 2.45) is 0 Å². The lowest BCUT2D eigenvalue weighted by Crippen LogP contribution is -2.50. The molecule has 2 aliphatic rings. The lowest BCUT2D eigenvalue weighted by molar-refractivity contribution is 0.00578. The van der Waals surface area contributed by atoms with Crippen molar-refractivity contribution >= 4 is 14.2 Å². The topological polar surface area (TPSA) is 36.9 Å². The van der Waals surface area contributed by atoms with Crippen LogP contribution in [0.1, 0.15) is 86.6 Å². The Kier molecular flexibility index (Phi) is 7.33. The van der Waals surface area contributed by atoms with Gasteiger partial charge in [-0.15, -0.1) is 6.58 Å². The minimum Gasteiger partial charge on any atom is -0.403 e. The van der Waals surface area contributed by atoms with E-state index >= 15 is 0 Å². The highest BCUT2D eigenvalue weighted by Crippen LogP contribution is 2.55. The second-order valence-corrected chi connectivity index (χ2v) is 11.7. The van der Waals surface area contributed by atoms with Gasteiger partial charge in [-0.2, -0.15) is 0 Å². The number of rotatable bonds is 9. The third-order valence-electron chi connectivity index (χ3n) is 8.19. The van der Waals surface area contributed by atoms with Gasteiger partial charge in [-0.3, -0.25) is 0 Å². The molecule has 0 aliphatic carbocycles. The first-order valence-electron chi connectivity index (χ1n) is 12.2. The molecular weight excluding hydrogens is 417 g/mol. The highest BCUT2D eigenvalue weighted by molar-refractivity contribution is 6.71. The van der Waals surface area contributed by atoms with E-state index in [0.29, 0.717) is 6.42 Å². The van der Waals surface area contributed by atoms with E-state index in [0.717, 1.165) is 31.2 Å². The van der Waals surface area contributed by atoms with Gasteiger partial charge in [0.05, 0.1) is 22.4 Å². The fraction of sp³-hybridized carbons (Fsp3) is 0.692. The van der Waals surface area contributed by atoms with E-state index in [-0.39, 0.29) is 5.82 Å². The number of unbranched alkanes of at least 4 members (excludes halogenated alkanes) is 2. The normalized spacial score (nSPS) is 23.2. The molecule has 2 heterocycles. The summed E-state index contributed by atoms with van der Waals surface area (Å²) < 4.78 is 40.3. The summed E-state index contributed by atoms with van der Waals surface area (Å²) in [6.07, 6.45) is 6.22. The lowest BCUT2D eigenvalue weighted by Gasteiger charge is -2.37. The van der Waals surface area contributed by atoms with Crippen LogP contribution in [0.5, 0.6) is 0 Å². The van der Waals surface area contributed by atoms with Gasteiger partial charge < -0.3 is 18.6 Å². The summed E-state index contributed by atoms with van der Waals surface area (Å²) in [5.74, 6) is -0.249. The molecular formula is C26H41B2FO4. The molecule has 182 valence electrons. The molecule has 0 aromatic heterocycles. The van der Waals surface area contributed by atoms with Crippen LogP contribution in [0.15, 0.2) is 36.9 Å². The molecule has 0 unspecified atom stereocenters. The molecule has 2 saturated heterocycles. The first kappa shape index (κ1) is 26.5. The van der Waals surface area contributed by atoms with Gasteiger partial charge in [-0.05, 0) is 92.3 Å². The monoisotopic (exact) mass is 458 g/mol. The molecule has 0 spiro atoms. The minimum absolute atomic E-state index is 0.249. The lowest BCUT2D eigenvalue weighted by atomic mass is 9.35. The van der Waals surface area contributed by atoms with Gasteiger partial charge in [0.2, 0.25) is 0 Å². The first-order valence-corrected chi connectivity index (χ1v) is 12.2. The van der Waals surface area contributed by atoms with Gasteiger partial charge in [0.1, 0.15) is 5.82 Å². The Bertz CT molecular complexity index is 767. The van der Waals surface area contributed by atoms with Crippen LogP contribution in [0.3, 0.4) is 0 Å². The molecule has 0 N–H and O–H groups in total. The van der Waals surface area contributed by atoms with E-state index in [9.17, 15) is 4.39 Å². The van der Waals surface area contributed by atoms with Crippen LogP contribution in [0.2, 0.25) is 5.21 Å². The van der Waals surface area contributed by atoms with Crippen molar-refractivity contribution in [3.8, 4) is 0 Å². The zero-order chi connectivity index (χ0) is 24.7. The average Bonchev–Trinajstić information content (AvgIpc) is 3.06. The van der Waals surface area contributed by atoms with E-state index in [1.807, 2.05) is 18.2 Å². The molecule has 3 rings (SSSR count). The summed E-state index contributed by atoms with van der Waals surface area (Å²) in [4.78, 5) is 0. The average molecular weight is 458 g/mol. The van der Waals surface area contributed by atoms with E-state index in [1.165, 1.54) is 12.1 Å². The van der Waals surface area contributed by atoms with Crippen LogP contribution >= 0.6 is 0 Å². The molecule has 0 bridgehead atoms. The molecule has 0 amide bonds. The summed E-state index contributed by atoms with van der Waals surface area (Å²) in [7, 11) is -1.07. The Labute approximate surface area is 200 Å². The standard InChI is InChI=1S/C26H41B2FO4/c1-10-11-12-13-18-26(19-20-14-16-21(29)17-15-20,27-30-22(2,3)23(4,5)31-27)28-32-24(6,7)25(8,9)33-28/h10,14-17H,1,11-13,18-19H2,2-9H3. The highest BCUT2D eigenvalue weighted by Gasteiger charge is 2.68. The summed E-state index contributed by atoms with van der Waals surface area (Å²) >= 11 is 0. The van der Waals surface area contributed by atoms with Crippen molar-refractivity contribution < 1.29 is 23.0 Å². The Morgan fingerprint density at radius 2 is 1.21 bits per heavy atom. The second kappa shape index (κ2) is 9.14. The largest absolute Gasteiger partial charge is 0.462 e. The van der Waals surface area contributed by atoms with Gasteiger partial charge in [-0.1, -0.05) is 31.1 Å². The summed E-state index contributed by atoms with van der Waals surface area (Å²) in [5, 5.41) is -0.616. The summed E-state index contributed by atoms with van der Waals surface area (Å²) in [5.41, 5.74) is -0.954. The predicted octanol–water partition coefficient (Wildman–Crippen LogP) is 6.58. The predicted molar refractivity (Wildman–Crippen MR) is 134 cm³/mol. The maximum absolute atomic E-state index is 13.7. The smallest absolute Gasteiger partial charge is 0.403 e. The van der Waals surface area contributed by atoms with Gasteiger partial charge >= 0.3 is 14.2 Å². The Morgan fingerprint density at radius 3 is 1.61 bits per heavy atom. The van der Waals surface area contributed by atoms with Crippen molar-refractivity contribution in [3.05, 3.63) is 48.3 Å². The van der Waals surface area contributed by atoms with Gasteiger partial charge in [0.25, 0.3) is 0 Å². The van der Waals surface area contributed by atoms with Crippen molar-refractivity contribution in [2.45, 2.75) is 115 Å². The van der Waals surface area contributed by atoms with Crippen molar-refractivity contribution in [2.75, 3.05) is 0 Å². The molecule has 4 nitrogen and oxygen atoms in total. The highest BCUT2D eigenvalue weighted by atomic mass is 19.1. The molecule has 0 atom stereocenters. The molecule has 1 aromatic rings. The third-order valence-corrected chi connectivity index (χ3v) is 8.19. The van der Waals surface area contributed by atoms with E-state index in [4.69, 9.17) is 18.6 Å². The number of hydrogen-bond acceptors (Lipinski definition) is 4. The zero-order valence-corrected chi connectivity index (χ0v) is 21.8. The van der Waals surface area contributed by atoms with Crippen LogP contribution in [-0.2, 0) is 25.0 Å². The minimum atomic E-state index is -0.616. The van der Waals surface area contributed by atoms with Gasteiger partial charge in [0.15, 0.2) is 0 Å². The van der Waals surface area contributed by atoms with Gasteiger partial charge in [0, 0.05) is 5.21 Å². The van der Waals surface area contributed by atoms with Gasteiger partial charge in [-0.25, -0.2) is 4.39 Å². The third kappa shape index (κ3) is 5.12. The molecule has 33 heavy (non-hydrogen) atoms. The fourth-order valence-electron chi connectivity index (χ4n) is 4.48. The van der Waals surface area contributed by atoms with E-state index in [2.05, 4.69) is 62.0 Å². The Hall–Kier alpha value is -1.14. The summed E-state index contributed by atoms with van der Waals surface area (Å²) in [6.45, 7) is 20.4. The molecule has 2 aliphatic heterocycles. The Morgan fingerprint density at radius 1 is 0.788 bits per heavy atom. The van der Waals surface area contributed by atoms with Crippen LogP contribution in [-0.4, -0.2) is 36.6 Å². The first-order chi connectivity index (χ1) is 15.2. The molecule has 2 fully saturated rings. The quantitative estimate of drug-likeness (QED) is 0.238. The number of hydrogen-bond donors (Lipinski definition) is 0. The van der Waals surface area contributed by atoms with Crippen molar-refractivity contribution in [3.63, 3.8) is 0 Å². The number of allylic oxidation sites excluding steroid dienone is 1. The molecule has 0 saturated carbocycles. The molecule has 1 aromatic carbocycles. The maximum Gasteiger partial charge on any atom is 0.462 e. The Balaban J connectivity index is 2.07. The van der Waals surface area contributed by atoms with Crippen LogP contribution in [0.25, 0.3) is 0 Å². The van der Waals surface area contributed by atoms with Crippen LogP contribution in [0, 0.1) is 5.82 Å². The fourth-order valence-corrected chi connectivity index (χ4v) is 4.48. The zero-order valence-electron chi connectivity index (χ0n) is 21.8.